The van der Waals surface area contributed by atoms with Crippen LogP contribution in [0.3, 0.4) is 0 Å². The van der Waals surface area contributed by atoms with Crippen molar-refractivity contribution in [2.24, 2.45) is 0 Å². The Labute approximate surface area is 197 Å². The van der Waals surface area contributed by atoms with E-state index >= 15 is 0 Å². The summed E-state index contributed by atoms with van der Waals surface area (Å²) >= 11 is 0. The topological polar surface area (TPSA) is 148 Å². The first-order valence-corrected chi connectivity index (χ1v) is 10.9. The van der Waals surface area contributed by atoms with Gasteiger partial charge in [-0.1, -0.05) is 6.07 Å². The molecule has 0 radical (unpaired) electrons. The van der Waals surface area contributed by atoms with E-state index in [1.165, 1.54) is 6.07 Å². The third-order valence-electron chi connectivity index (χ3n) is 6.24. The predicted molar refractivity (Wildman–Crippen MR) is 117 cm³/mol. The fraction of sp³-hybridized carbons (Fsp3) is 0.455. The second kappa shape index (κ2) is 9.46. The van der Waals surface area contributed by atoms with Crippen molar-refractivity contribution < 1.29 is 22.7 Å². The van der Waals surface area contributed by atoms with Crippen molar-refractivity contribution in [2.45, 2.75) is 43.9 Å². The van der Waals surface area contributed by atoms with Crippen LogP contribution in [0.5, 0.6) is 0 Å². The zero-order valence-electron chi connectivity index (χ0n) is 18.6. The van der Waals surface area contributed by atoms with E-state index in [-0.39, 0.29) is 35.9 Å². The van der Waals surface area contributed by atoms with Crippen molar-refractivity contribution in [3.8, 4) is 6.07 Å². The molecule has 3 heterocycles. The number of rotatable bonds is 6. The van der Waals surface area contributed by atoms with Gasteiger partial charge in [0.15, 0.2) is 0 Å². The van der Waals surface area contributed by atoms with Gasteiger partial charge in [0.25, 0.3) is 5.56 Å². The smallest absolute Gasteiger partial charge is 0.370 e. The molecule has 184 valence electrons. The van der Waals surface area contributed by atoms with Gasteiger partial charge in [-0.2, -0.15) is 18.4 Å². The van der Waals surface area contributed by atoms with Gasteiger partial charge in [0.05, 0.1) is 12.6 Å². The summed E-state index contributed by atoms with van der Waals surface area (Å²) in [5.74, 6) is -0.126. The molecule has 35 heavy (non-hydrogen) atoms. The molecule has 10 nitrogen and oxygen atoms in total. The number of hydrogen-bond donors (Lipinski definition) is 3. The largest absolute Gasteiger partial charge is 0.433 e. The number of carbonyl (C=O) groups is 1. The molecule has 2 aromatic heterocycles. The Morgan fingerprint density at radius 1 is 1.37 bits per heavy atom. The van der Waals surface area contributed by atoms with Gasteiger partial charge in [-0.05, 0) is 31.4 Å². The number of pyridine rings is 1. The minimum Gasteiger partial charge on any atom is -0.370 e. The van der Waals surface area contributed by atoms with Gasteiger partial charge in [0, 0.05) is 24.7 Å². The molecule has 3 N–H and O–H groups in total. The molecule has 2 fully saturated rings. The van der Waals surface area contributed by atoms with E-state index in [0.29, 0.717) is 31.0 Å². The molecule has 3 unspecified atom stereocenters. The second-order valence-electron chi connectivity index (χ2n) is 8.39. The summed E-state index contributed by atoms with van der Waals surface area (Å²) in [6.07, 6.45) is -2.11. The van der Waals surface area contributed by atoms with Gasteiger partial charge in [-0.3, -0.25) is 20.0 Å². The number of nitriles is 1. The molecule has 2 aliphatic rings. The van der Waals surface area contributed by atoms with Crippen molar-refractivity contribution in [3.05, 3.63) is 51.3 Å². The van der Waals surface area contributed by atoms with E-state index in [2.05, 4.69) is 20.3 Å². The molecule has 4 rings (SSSR count). The maximum atomic E-state index is 12.9. The first-order valence-electron chi connectivity index (χ1n) is 10.9. The summed E-state index contributed by atoms with van der Waals surface area (Å²) in [4.78, 5) is 37.4. The molecule has 3 atom stereocenters. The number of alkyl halides is 3. The lowest BCUT2D eigenvalue weighted by molar-refractivity contribution is -0.148. The molecule has 0 bridgehead atoms. The Kier molecular flexibility index (Phi) is 6.58. The maximum absolute atomic E-state index is 12.9. The number of aromatic amines is 1. The van der Waals surface area contributed by atoms with Crippen LogP contribution in [0, 0.1) is 16.7 Å². The van der Waals surface area contributed by atoms with Gasteiger partial charge < -0.3 is 19.9 Å². The van der Waals surface area contributed by atoms with E-state index < -0.39 is 29.2 Å². The van der Waals surface area contributed by atoms with Gasteiger partial charge in [0.1, 0.15) is 41.3 Å². The van der Waals surface area contributed by atoms with Crippen LogP contribution in [0.25, 0.3) is 0 Å². The van der Waals surface area contributed by atoms with Gasteiger partial charge >= 0.3 is 6.18 Å². The Morgan fingerprint density at radius 2 is 2.14 bits per heavy atom. The number of nitrogens with zero attached hydrogens (tertiary/aromatic N) is 4. The summed E-state index contributed by atoms with van der Waals surface area (Å²) < 4.78 is 43.7. The number of aromatic nitrogens is 3. The lowest BCUT2D eigenvalue weighted by Crippen LogP contribution is -2.54. The van der Waals surface area contributed by atoms with E-state index in [0.717, 1.165) is 18.7 Å². The van der Waals surface area contributed by atoms with Crippen molar-refractivity contribution in [2.75, 3.05) is 25.1 Å². The van der Waals surface area contributed by atoms with Gasteiger partial charge in [-0.25, -0.2) is 4.98 Å². The highest BCUT2D eigenvalue weighted by molar-refractivity contribution is 6.12. The van der Waals surface area contributed by atoms with Gasteiger partial charge in [-0.15, -0.1) is 0 Å². The summed E-state index contributed by atoms with van der Waals surface area (Å²) in [5, 5.41) is 20.1. The van der Waals surface area contributed by atoms with Gasteiger partial charge in [0.2, 0.25) is 5.91 Å². The van der Waals surface area contributed by atoms with E-state index in [4.69, 9.17) is 10.1 Å². The molecule has 0 aromatic carbocycles. The SMILES string of the molecule is CC(Nc1nc(C2CCC2N2CCOCC2=O)[nH]c(=O)c1C(=N)C#N)c1ccc(C(F)(F)F)nc1. The van der Waals surface area contributed by atoms with Crippen LogP contribution in [0.1, 0.15) is 54.4 Å². The van der Waals surface area contributed by atoms with E-state index in [1.807, 2.05) is 0 Å². The normalized spacial score (nSPS) is 21.1. The Balaban J connectivity index is 1.64. The number of amides is 1. The van der Waals surface area contributed by atoms with E-state index in [1.54, 1.807) is 17.9 Å². The number of ether oxygens (including phenoxy) is 1. The zero-order chi connectivity index (χ0) is 25.3. The number of hydrogen-bond acceptors (Lipinski definition) is 8. The lowest BCUT2D eigenvalue weighted by atomic mass is 9.77. The van der Waals surface area contributed by atoms with Crippen molar-refractivity contribution in [3.63, 3.8) is 0 Å². The van der Waals surface area contributed by atoms with Crippen LogP contribution in [0.15, 0.2) is 23.1 Å². The van der Waals surface area contributed by atoms with Crippen LogP contribution in [0.4, 0.5) is 19.0 Å². The Bertz CT molecular complexity index is 1240. The molecule has 1 saturated carbocycles. The highest BCUT2D eigenvalue weighted by atomic mass is 19.4. The zero-order valence-corrected chi connectivity index (χ0v) is 18.6. The minimum atomic E-state index is -4.57. The van der Waals surface area contributed by atoms with Crippen molar-refractivity contribution in [1.82, 2.24) is 19.9 Å². The predicted octanol–water partition coefficient (Wildman–Crippen LogP) is 2.35. The highest BCUT2D eigenvalue weighted by Gasteiger charge is 2.41. The average Bonchev–Trinajstić information content (AvgIpc) is 2.79. The summed E-state index contributed by atoms with van der Waals surface area (Å²) in [6, 6.07) is 2.91. The molecule has 13 heteroatoms. The molecular formula is C22H22F3N7O3. The lowest BCUT2D eigenvalue weighted by Gasteiger charge is -2.45. The minimum absolute atomic E-state index is 0.00305. The highest BCUT2D eigenvalue weighted by Crippen LogP contribution is 2.39. The molecule has 1 saturated heterocycles. The average molecular weight is 489 g/mol. The van der Waals surface area contributed by atoms with Crippen LogP contribution >= 0.6 is 0 Å². The van der Waals surface area contributed by atoms with Crippen LogP contribution < -0.4 is 10.9 Å². The molecule has 2 aromatic rings. The molecule has 1 amide bonds. The van der Waals surface area contributed by atoms with Crippen molar-refractivity contribution in [1.29, 1.82) is 10.7 Å². The summed E-state index contributed by atoms with van der Waals surface area (Å²) in [6.45, 7) is 2.48. The number of halogens is 3. The molecule has 1 aliphatic heterocycles. The van der Waals surface area contributed by atoms with E-state index in [9.17, 15) is 28.0 Å². The molecule has 1 aliphatic carbocycles. The summed E-state index contributed by atoms with van der Waals surface area (Å²) in [5.41, 5.74) is -2.23. The van der Waals surface area contributed by atoms with Crippen LogP contribution in [-0.2, 0) is 15.7 Å². The van der Waals surface area contributed by atoms with Crippen LogP contribution in [-0.4, -0.2) is 57.3 Å². The third-order valence-corrected chi connectivity index (χ3v) is 6.24. The standard InChI is InChI=1S/C22H22F3N7O3/c1-11(12-2-5-16(28-9-12)22(23,24)25)29-20-18(14(27)8-26)21(34)31-19(30-20)13-3-4-15(13)32-6-7-35-10-17(32)33/h2,5,9,11,13,15,27H,3-4,6-7,10H2,1H3,(H2,29,30,31,34). The quantitative estimate of drug-likeness (QED) is 0.528. The monoisotopic (exact) mass is 489 g/mol. The summed E-state index contributed by atoms with van der Waals surface area (Å²) in [7, 11) is 0. The van der Waals surface area contributed by atoms with Crippen LogP contribution in [0.2, 0.25) is 0 Å². The Hall–Kier alpha value is -3.79. The number of anilines is 1. The first kappa shape index (κ1) is 24.3. The first-order chi connectivity index (χ1) is 16.6. The fourth-order valence-electron chi connectivity index (χ4n) is 4.23. The molecular weight excluding hydrogens is 467 g/mol. The maximum Gasteiger partial charge on any atom is 0.433 e. The number of carbonyl (C=O) groups excluding carboxylic acids is 1. The fourth-order valence-corrected chi connectivity index (χ4v) is 4.23. The second-order valence-corrected chi connectivity index (χ2v) is 8.39. The molecule has 0 spiro atoms. The Morgan fingerprint density at radius 3 is 2.71 bits per heavy atom. The number of morpholine rings is 1. The third kappa shape index (κ3) is 4.88. The number of H-pyrrole nitrogens is 1. The number of nitrogens with one attached hydrogen (secondary N) is 3. The van der Waals surface area contributed by atoms with Crippen molar-refractivity contribution >= 4 is 17.4 Å².